The van der Waals surface area contributed by atoms with Gasteiger partial charge in [-0.15, -0.1) is 0 Å². The summed E-state index contributed by atoms with van der Waals surface area (Å²) in [5, 5.41) is 0. The van der Waals surface area contributed by atoms with Crippen molar-refractivity contribution in [2.75, 3.05) is 13.7 Å². The summed E-state index contributed by atoms with van der Waals surface area (Å²) in [6, 6.07) is 1.08. The van der Waals surface area contributed by atoms with Gasteiger partial charge in [0, 0.05) is 17.0 Å². The number of carbonyl (C=O) groups excluding carboxylic acids is 1. The summed E-state index contributed by atoms with van der Waals surface area (Å²) in [5.74, 6) is -1.76. The molecule has 0 radical (unpaired) electrons. The molecule has 20 heavy (non-hydrogen) atoms. The minimum atomic E-state index is -0.582. The van der Waals surface area contributed by atoms with Gasteiger partial charge in [-0.25, -0.2) is 8.78 Å². The number of carbonyl (C=O) groups is 1. The SMILES string of the molecule is CCOC(=O)C1CC12CCc1c(F)cc(OC)c(F)c12. The molecule has 0 amide bonds. The number of halogens is 2. The van der Waals surface area contributed by atoms with Crippen molar-refractivity contribution >= 4 is 5.97 Å². The summed E-state index contributed by atoms with van der Waals surface area (Å²) in [7, 11) is 1.31. The van der Waals surface area contributed by atoms with E-state index in [1.54, 1.807) is 6.92 Å². The average Bonchev–Trinajstić information content (AvgIpc) is 3.00. The highest BCUT2D eigenvalue weighted by Crippen LogP contribution is 2.63. The van der Waals surface area contributed by atoms with Crippen molar-refractivity contribution in [1.29, 1.82) is 0 Å². The Balaban J connectivity index is 2.03. The van der Waals surface area contributed by atoms with E-state index in [4.69, 9.17) is 9.47 Å². The van der Waals surface area contributed by atoms with E-state index in [9.17, 15) is 13.6 Å². The summed E-state index contributed by atoms with van der Waals surface area (Å²) >= 11 is 0. The molecule has 0 aromatic heterocycles. The van der Waals surface area contributed by atoms with Gasteiger partial charge in [-0.2, -0.15) is 0 Å². The minimum Gasteiger partial charge on any atom is -0.494 e. The molecule has 2 aliphatic carbocycles. The molecule has 0 bridgehead atoms. The highest BCUT2D eigenvalue weighted by Gasteiger charge is 2.64. The fourth-order valence-corrected chi connectivity index (χ4v) is 3.44. The normalized spacial score (nSPS) is 26.5. The van der Waals surface area contributed by atoms with Crippen LogP contribution >= 0.6 is 0 Å². The van der Waals surface area contributed by atoms with E-state index in [0.29, 0.717) is 37.0 Å². The molecule has 2 aliphatic rings. The van der Waals surface area contributed by atoms with Gasteiger partial charge in [-0.1, -0.05) is 0 Å². The van der Waals surface area contributed by atoms with Crippen LogP contribution in [0, 0.1) is 17.6 Å². The molecule has 1 aromatic rings. The van der Waals surface area contributed by atoms with Gasteiger partial charge in [-0.05, 0) is 31.7 Å². The van der Waals surface area contributed by atoms with Crippen LogP contribution < -0.4 is 4.74 Å². The molecule has 1 spiro atoms. The topological polar surface area (TPSA) is 35.5 Å². The van der Waals surface area contributed by atoms with Crippen LogP contribution in [0.5, 0.6) is 5.75 Å². The van der Waals surface area contributed by atoms with Crippen LogP contribution in [0.1, 0.15) is 30.9 Å². The van der Waals surface area contributed by atoms with Gasteiger partial charge >= 0.3 is 5.97 Å². The second kappa shape index (κ2) is 4.43. The maximum atomic E-state index is 14.5. The van der Waals surface area contributed by atoms with Crippen molar-refractivity contribution in [2.24, 2.45) is 5.92 Å². The van der Waals surface area contributed by atoms with E-state index >= 15 is 0 Å². The highest BCUT2D eigenvalue weighted by molar-refractivity contribution is 5.80. The van der Waals surface area contributed by atoms with E-state index < -0.39 is 17.0 Å². The number of benzene rings is 1. The second-order valence-corrected chi connectivity index (χ2v) is 5.39. The lowest BCUT2D eigenvalue weighted by Gasteiger charge is -2.14. The van der Waals surface area contributed by atoms with Crippen molar-refractivity contribution in [3.05, 3.63) is 28.8 Å². The van der Waals surface area contributed by atoms with E-state index in [0.717, 1.165) is 6.07 Å². The molecule has 3 nitrogen and oxygen atoms in total. The predicted molar refractivity (Wildman–Crippen MR) is 67.6 cm³/mol. The van der Waals surface area contributed by atoms with Crippen LogP contribution in [0.2, 0.25) is 0 Å². The van der Waals surface area contributed by atoms with Crippen molar-refractivity contribution in [3.8, 4) is 5.75 Å². The number of fused-ring (bicyclic) bond motifs is 2. The zero-order valence-corrected chi connectivity index (χ0v) is 11.5. The van der Waals surface area contributed by atoms with E-state index in [1.807, 2.05) is 0 Å². The first-order valence-electron chi connectivity index (χ1n) is 6.77. The summed E-state index contributed by atoms with van der Waals surface area (Å²) in [4.78, 5) is 11.9. The van der Waals surface area contributed by atoms with Crippen LogP contribution in [0.4, 0.5) is 8.78 Å². The van der Waals surface area contributed by atoms with Gasteiger partial charge in [0.1, 0.15) is 5.82 Å². The predicted octanol–water partition coefficient (Wildman–Crippen LogP) is 2.74. The largest absolute Gasteiger partial charge is 0.494 e. The Hall–Kier alpha value is -1.65. The number of methoxy groups -OCH3 is 1. The van der Waals surface area contributed by atoms with Gasteiger partial charge < -0.3 is 9.47 Å². The fraction of sp³-hybridized carbons (Fsp3) is 0.533. The molecule has 0 N–H and O–H groups in total. The van der Waals surface area contributed by atoms with Crippen LogP contribution in [0.25, 0.3) is 0 Å². The molecule has 1 aromatic carbocycles. The maximum Gasteiger partial charge on any atom is 0.309 e. The summed E-state index contributed by atoms with van der Waals surface area (Å²) in [6.07, 6.45) is 1.58. The monoisotopic (exact) mass is 282 g/mol. The minimum absolute atomic E-state index is 0.1000. The molecule has 3 rings (SSSR count). The van der Waals surface area contributed by atoms with Crippen LogP contribution in [-0.4, -0.2) is 19.7 Å². The van der Waals surface area contributed by atoms with Gasteiger partial charge in [0.15, 0.2) is 11.6 Å². The first kappa shape index (κ1) is 13.3. The Kier molecular flexibility index (Phi) is 2.96. The van der Waals surface area contributed by atoms with Gasteiger partial charge in [0.2, 0.25) is 0 Å². The summed E-state index contributed by atoms with van der Waals surface area (Å²) in [6.45, 7) is 2.03. The number of rotatable bonds is 3. The Morgan fingerprint density at radius 3 is 2.90 bits per heavy atom. The smallest absolute Gasteiger partial charge is 0.309 e. The van der Waals surface area contributed by atoms with Crippen molar-refractivity contribution in [3.63, 3.8) is 0 Å². The Labute approximate surface area is 115 Å². The molecule has 1 saturated carbocycles. The fourth-order valence-electron chi connectivity index (χ4n) is 3.44. The summed E-state index contributed by atoms with van der Waals surface area (Å²) in [5.41, 5.74) is 0.128. The molecule has 108 valence electrons. The summed E-state index contributed by atoms with van der Waals surface area (Å²) < 4.78 is 38.4. The third-order valence-electron chi connectivity index (χ3n) is 4.47. The molecule has 5 heteroatoms. The lowest BCUT2D eigenvalue weighted by molar-refractivity contribution is -0.145. The Bertz CT molecular complexity index is 585. The number of ether oxygens (including phenoxy) is 2. The molecule has 0 saturated heterocycles. The first-order valence-corrected chi connectivity index (χ1v) is 6.77. The number of hydrogen-bond acceptors (Lipinski definition) is 3. The first-order chi connectivity index (χ1) is 9.55. The lowest BCUT2D eigenvalue weighted by Crippen LogP contribution is -2.16. The molecule has 2 unspecified atom stereocenters. The molecule has 2 atom stereocenters. The zero-order chi connectivity index (χ0) is 14.5. The van der Waals surface area contributed by atoms with Gasteiger partial charge in [0.25, 0.3) is 0 Å². The lowest BCUT2D eigenvalue weighted by atomic mass is 9.94. The second-order valence-electron chi connectivity index (χ2n) is 5.39. The quantitative estimate of drug-likeness (QED) is 0.800. The third kappa shape index (κ3) is 1.65. The zero-order valence-electron chi connectivity index (χ0n) is 11.5. The van der Waals surface area contributed by atoms with E-state index in [-0.39, 0.29) is 17.6 Å². The Morgan fingerprint density at radius 1 is 1.50 bits per heavy atom. The van der Waals surface area contributed by atoms with Crippen molar-refractivity contribution in [1.82, 2.24) is 0 Å². The standard InChI is InChI=1S/C15H16F2O3/c1-3-20-14(18)9-7-15(9)5-4-8-10(16)6-11(19-2)13(17)12(8)15/h6,9H,3-5,7H2,1-2H3. The third-order valence-corrected chi connectivity index (χ3v) is 4.47. The Morgan fingerprint density at radius 2 is 2.25 bits per heavy atom. The molecular formula is C15H16F2O3. The average molecular weight is 282 g/mol. The number of hydrogen-bond donors (Lipinski definition) is 0. The van der Waals surface area contributed by atoms with Crippen LogP contribution in [0.3, 0.4) is 0 Å². The molecule has 0 aliphatic heterocycles. The van der Waals surface area contributed by atoms with Crippen LogP contribution in [-0.2, 0) is 21.4 Å². The van der Waals surface area contributed by atoms with Gasteiger partial charge in [-0.3, -0.25) is 4.79 Å². The van der Waals surface area contributed by atoms with Crippen molar-refractivity contribution < 1.29 is 23.0 Å². The van der Waals surface area contributed by atoms with Crippen LogP contribution in [0.15, 0.2) is 6.07 Å². The molecule has 1 fully saturated rings. The van der Waals surface area contributed by atoms with E-state index in [2.05, 4.69) is 0 Å². The molecular weight excluding hydrogens is 266 g/mol. The van der Waals surface area contributed by atoms with E-state index in [1.165, 1.54) is 7.11 Å². The van der Waals surface area contributed by atoms with Crippen molar-refractivity contribution in [2.45, 2.75) is 31.6 Å². The van der Waals surface area contributed by atoms with Gasteiger partial charge in [0.05, 0.1) is 19.6 Å². The number of esters is 1. The maximum absolute atomic E-state index is 14.5. The highest BCUT2D eigenvalue weighted by atomic mass is 19.1. The molecule has 0 heterocycles.